The average Bonchev–Trinajstić information content (AvgIpc) is 2.94. The molecular weight excluding hydrogens is 246 g/mol. The Kier molecular flexibility index (Phi) is 2.87. The van der Waals surface area contributed by atoms with Crippen LogP contribution >= 0.6 is 0 Å². The van der Waals surface area contributed by atoms with Gasteiger partial charge in [0.05, 0.1) is 12.4 Å². The molecule has 0 aromatic carbocycles. The predicted octanol–water partition coefficient (Wildman–Crippen LogP) is 0.713. The lowest BCUT2D eigenvalue weighted by Crippen LogP contribution is -2.24. The van der Waals surface area contributed by atoms with Gasteiger partial charge in [0.25, 0.3) is 0 Å². The number of fused-ring (bicyclic) bond motifs is 1. The summed E-state index contributed by atoms with van der Waals surface area (Å²) in [5.74, 6) is 0.406. The molecular formula is C12H17N5O2. The Labute approximate surface area is 110 Å². The van der Waals surface area contributed by atoms with Crippen LogP contribution in [0, 0.1) is 5.92 Å². The fourth-order valence-electron chi connectivity index (χ4n) is 2.62. The van der Waals surface area contributed by atoms with E-state index < -0.39 is 12.3 Å². The van der Waals surface area contributed by atoms with Crippen LogP contribution < -0.4 is 5.73 Å². The van der Waals surface area contributed by atoms with E-state index in [1.165, 1.54) is 6.33 Å². The Hall–Kier alpha value is -1.73. The summed E-state index contributed by atoms with van der Waals surface area (Å²) in [6.45, 7) is 4.03. The smallest absolute Gasteiger partial charge is 0.167 e. The van der Waals surface area contributed by atoms with Crippen molar-refractivity contribution in [2.75, 3.05) is 5.73 Å². The van der Waals surface area contributed by atoms with E-state index in [0.717, 1.165) is 6.42 Å². The van der Waals surface area contributed by atoms with E-state index in [1.807, 2.05) is 13.8 Å². The van der Waals surface area contributed by atoms with Crippen molar-refractivity contribution < 1.29 is 9.84 Å². The molecule has 3 heterocycles. The predicted molar refractivity (Wildman–Crippen MR) is 69.1 cm³/mol. The maximum Gasteiger partial charge on any atom is 0.167 e. The maximum atomic E-state index is 10.3. The van der Waals surface area contributed by atoms with Gasteiger partial charge in [-0.25, -0.2) is 15.0 Å². The van der Waals surface area contributed by atoms with Gasteiger partial charge >= 0.3 is 0 Å². The second-order valence-electron chi connectivity index (χ2n) is 4.91. The second-order valence-corrected chi connectivity index (χ2v) is 4.91. The van der Waals surface area contributed by atoms with E-state index in [1.54, 1.807) is 10.9 Å². The molecule has 0 bridgehead atoms. The van der Waals surface area contributed by atoms with Crippen LogP contribution in [0.2, 0.25) is 0 Å². The summed E-state index contributed by atoms with van der Waals surface area (Å²) in [6.07, 6.45) is 2.82. The molecule has 0 aliphatic carbocycles. The molecule has 3 N–H and O–H groups in total. The van der Waals surface area contributed by atoms with Gasteiger partial charge in [-0.1, -0.05) is 13.8 Å². The number of aromatic nitrogens is 4. The number of aliphatic hydroxyl groups excluding tert-OH is 1. The largest absolute Gasteiger partial charge is 0.388 e. The molecule has 3 rings (SSSR count). The van der Waals surface area contributed by atoms with Gasteiger partial charge in [0.2, 0.25) is 0 Å². The summed E-state index contributed by atoms with van der Waals surface area (Å²) < 4.78 is 7.63. The van der Waals surface area contributed by atoms with Crippen LogP contribution in [0.4, 0.5) is 5.82 Å². The van der Waals surface area contributed by atoms with Crippen LogP contribution in [0.3, 0.4) is 0 Å². The summed E-state index contributed by atoms with van der Waals surface area (Å²) in [6, 6.07) is 0. The number of nitrogen functional groups attached to an aromatic ring is 1. The van der Waals surface area contributed by atoms with Crippen molar-refractivity contribution in [3.63, 3.8) is 0 Å². The second kappa shape index (κ2) is 4.43. The number of rotatable bonds is 2. The maximum absolute atomic E-state index is 10.3. The molecule has 0 spiro atoms. The number of imidazole rings is 1. The first kappa shape index (κ1) is 12.3. The van der Waals surface area contributed by atoms with Gasteiger partial charge in [0.15, 0.2) is 17.7 Å². The van der Waals surface area contributed by atoms with Gasteiger partial charge in [-0.15, -0.1) is 0 Å². The fraction of sp³-hybridized carbons (Fsp3) is 0.583. The summed E-state index contributed by atoms with van der Waals surface area (Å²) in [4.78, 5) is 12.3. The normalized spacial score (nSPS) is 31.1. The zero-order valence-electron chi connectivity index (χ0n) is 10.9. The third-order valence-electron chi connectivity index (χ3n) is 3.80. The number of hydrogen-bond donors (Lipinski definition) is 2. The molecule has 19 heavy (non-hydrogen) atoms. The van der Waals surface area contributed by atoms with E-state index >= 15 is 0 Å². The summed E-state index contributed by atoms with van der Waals surface area (Å²) in [7, 11) is 0. The Morgan fingerprint density at radius 2 is 2.21 bits per heavy atom. The summed E-state index contributed by atoms with van der Waals surface area (Å²) >= 11 is 0. The zero-order valence-corrected chi connectivity index (χ0v) is 10.9. The summed E-state index contributed by atoms with van der Waals surface area (Å²) in [5, 5.41) is 10.3. The highest BCUT2D eigenvalue weighted by Crippen LogP contribution is 2.36. The third-order valence-corrected chi connectivity index (χ3v) is 3.80. The number of ether oxygens (including phenoxy) is 1. The van der Waals surface area contributed by atoms with Crippen LogP contribution in [-0.2, 0) is 4.74 Å². The molecule has 0 saturated carbocycles. The lowest BCUT2D eigenvalue weighted by Gasteiger charge is -2.16. The van der Waals surface area contributed by atoms with Crippen molar-refractivity contribution in [1.29, 1.82) is 0 Å². The average molecular weight is 263 g/mol. The quantitative estimate of drug-likeness (QED) is 0.828. The molecule has 4 atom stereocenters. The first-order valence-corrected chi connectivity index (χ1v) is 6.40. The monoisotopic (exact) mass is 263 g/mol. The molecule has 1 saturated heterocycles. The van der Waals surface area contributed by atoms with Crippen molar-refractivity contribution in [3.05, 3.63) is 12.7 Å². The SMILES string of the molecule is CC[C@H]1O[C@@H](n2cnc3c(N)ncnc32)[C@H](O)[C@@H]1C. The number of nitrogens with zero attached hydrogens (tertiary/aromatic N) is 4. The van der Waals surface area contributed by atoms with E-state index in [9.17, 15) is 5.11 Å². The van der Waals surface area contributed by atoms with Gasteiger partial charge in [-0.3, -0.25) is 4.57 Å². The van der Waals surface area contributed by atoms with E-state index in [-0.39, 0.29) is 12.0 Å². The van der Waals surface area contributed by atoms with E-state index in [4.69, 9.17) is 10.5 Å². The lowest BCUT2D eigenvalue weighted by molar-refractivity contribution is -0.0355. The van der Waals surface area contributed by atoms with Crippen molar-refractivity contribution in [3.8, 4) is 0 Å². The minimum atomic E-state index is -0.585. The number of anilines is 1. The van der Waals surface area contributed by atoms with E-state index in [0.29, 0.717) is 17.0 Å². The number of nitrogens with two attached hydrogens (primary N) is 1. The topological polar surface area (TPSA) is 99.1 Å². The van der Waals surface area contributed by atoms with E-state index in [2.05, 4.69) is 15.0 Å². The zero-order chi connectivity index (χ0) is 13.6. The minimum Gasteiger partial charge on any atom is -0.388 e. The molecule has 7 heteroatoms. The Morgan fingerprint density at radius 3 is 2.89 bits per heavy atom. The van der Waals surface area contributed by atoms with Crippen LogP contribution in [0.5, 0.6) is 0 Å². The van der Waals surface area contributed by atoms with Crippen LogP contribution in [0.1, 0.15) is 26.5 Å². The highest BCUT2D eigenvalue weighted by molar-refractivity contribution is 5.81. The molecule has 2 aromatic heterocycles. The fourth-order valence-corrected chi connectivity index (χ4v) is 2.62. The molecule has 0 unspecified atom stereocenters. The molecule has 2 aromatic rings. The molecule has 7 nitrogen and oxygen atoms in total. The van der Waals surface area contributed by atoms with Gasteiger partial charge in [-0.05, 0) is 6.42 Å². The van der Waals surface area contributed by atoms with Crippen LogP contribution in [0.25, 0.3) is 11.2 Å². The molecule has 102 valence electrons. The Balaban J connectivity index is 2.04. The molecule has 0 amide bonds. The van der Waals surface area contributed by atoms with Crippen LogP contribution in [0.15, 0.2) is 12.7 Å². The lowest BCUT2D eigenvalue weighted by atomic mass is 9.99. The Morgan fingerprint density at radius 1 is 1.42 bits per heavy atom. The van der Waals surface area contributed by atoms with Crippen LogP contribution in [-0.4, -0.2) is 36.8 Å². The highest BCUT2D eigenvalue weighted by atomic mass is 16.5. The number of hydrogen-bond acceptors (Lipinski definition) is 6. The minimum absolute atomic E-state index is 0.0386. The molecule has 1 aliphatic rings. The van der Waals surface area contributed by atoms with Gasteiger partial charge in [0.1, 0.15) is 17.9 Å². The van der Waals surface area contributed by atoms with Crippen molar-refractivity contribution >= 4 is 17.0 Å². The third kappa shape index (κ3) is 1.77. The van der Waals surface area contributed by atoms with Crippen molar-refractivity contribution in [1.82, 2.24) is 19.5 Å². The van der Waals surface area contributed by atoms with Gasteiger partial charge in [0, 0.05) is 5.92 Å². The number of aliphatic hydroxyl groups is 1. The first-order valence-electron chi connectivity index (χ1n) is 6.40. The van der Waals surface area contributed by atoms with Crippen molar-refractivity contribution in [2.24, 2.45) is 5.92 Å². The van der Waals surface area contributed by atoms with Gasteiger partial charge in [-0.2, -0.15) is 0 Å². The van der Waals surface area contributed by atoms with Crippen molar-refractivity contribution in [2.45, 2.75) is 38.7 Å². The summed E-state index contributed by atoms with van der Waals surface area (Å²) in [5.41, 5.74) is 6.87. The standard InChI is InChI=1S/C12H17N5O2/c1-3-7-6(2)9(18)12(19-7)17-5-16-8-10(13)14-4-15-11(8)17/h4-7,9,12,18H,3H2,1-2H3,(H2,13,14,15)/t6-,7-,9-,12-/m1/s1. The molecule has 1 fully saturated rings. The first-order chi connectivity index (χ1) is 9.13. The van der Waals surface area contributed by atoms with Gasteiger partial charge < -0.3 is 15.6 Å². The highest BCUT2D eigenvalue weighted by Gasteiger charge is 2.41. The Bertz CT molecular complexity index is 599. The molecule has 0 radical (unpaired) electrons. The molecule has 1 aliphatic heterocycles.